The van der Waals surface area contributed by atoms with Crippen LogP contribution in [0.1, 0.15) is 37.5 Å². The number of benzene rings is 1. The molecule has 25 heavy (non-hydrogen) atoms. The Kier molecular flexibility index (Phi) is 2.13. The first-order valence-electron chi connectivity index (χ1n) is 11.0. The molecule has 5 rings (SSSR count). The minimum atomic E-state index is -2.30. The van der Waals surface area contributed by atoms with Gasteiger partial charge in [-0.15, -0.1) is 0 Å². The van der Waals surface area contributed by atoms with Crippen molar-refractivity contribution in [1.82, 2.24) is 4.98 Å². The number of aryl methyl sites for hydroxylation is 1. The van der Waals surface area contributed by atoms with Crippen LogP contribution in [0.5, 0.6) is 0 Å². The lowest BCUT2D eigenvalue weighted by Crippen LogP contribution is -2.31. The average molecular weight is 334 g/mol. The Bertz CT molecular complexity index is 1320. The van der Waals surface area contributed by atoms with Gasteiger partial charge in [-0.25, -0.2) is 4.98 Å². The summed E-state index contributed by atoms with van der Waals surface area (Å²) >= 11 is 0. The van der Waals surface area contributed by atoms with Crippen LogP contribution in [-0.2, 0) is 12.9 Å². The van der Waals surface area contributed by atoms with E-state index in [1.54, 1.807) is 6.07 Å². The lowest BCUT2D eigenvalue weighted by atomic mass is 10.00. The summed E-state index contributed by atoms with van der Waals surface area (Å²) in [5, 5.41) is 1.65. The Labute approximate surface area is 154 Å². The highest BCUT2D eigenvalue weighted by atomic mass is 16.3. The summed E-state index contributed by atoms with van der Waals surface area (Å²) < 4.78 is 47.9. The van der Waals surface area contributed by atoms with Gasteiger partial charge in [-0.2, -0.15) is 4.57 Å². The van der Waals surface area contributed by atoms with Crippen LogP contribution in [0.2, 0.25) is 0 Å². The van der Waals surface area contributed by atoms with Gasteiger partial charge in [0.25, 0.3) is 0 Å². The molecule has 0 spiro atoms. The van der Waals surface area contributed by atoms with Crippen LogP contribution in [0.15, 0.2) is 47.0 Å². The van der Waals surface area contributed by atoms with Gasteiger partial charge in [-0.1, -0.05) is 19.9 Å². The highest BCUT2D eigenvalue weighted by Crippen LogP contribution is 2.39. The van der Waals surface area contributed by atoms with E-state index in [9.17, 15) is 0 Å². The van der Waals surface area contributed by atoms with E-state index in [0.717, 1.165) is 27.6 Å². The van der Waals surface area contributed by atoms with Gasteiger partial charge in [0.2, 0.25) is 11.4 Å². The summed E-state index contributed by atoms with van der Waals surface area (Å²) in [5.74, 6) is -0.161. The number of fused-ring (bicyclic) bond motifs is 7. The topological polar surface area (TPSA) is 29.9 Å². The van der Waals surface area contributed by atoms with Gasteiger partial charge >= 0.3 is 0 Å². The fourth-order valence-corrected chi connectivity index (χ4v) is 3.66. The molecule has 3 nitrogen and oxygen atoms in total. The Morgan fingerprint density at radius 3 is 2.96 bits per heavy atom. The first kappa shape index (κ1) is 10.3. The van der Waals surface area contributed by atoms with Crippen LogP contribution >= 0.6 is 0 Å². The molecule has 0 fully saturated rings. The smallest absolute Gasteiger partial charge is 0.227 e. The number of nitrogens with zero attached hydrogens (tertiary/aromatic N) is 2. The first-order chi connectivity index (χ1) is 14.1. The monoisotopic (exact) mass is 334 g/mol. The minimum Gasteiger partial charge on any atom is -0.437 e. The summed E-state index contributed by atoms with van der Waals surface area (Å²) in [4.78, 5) is 4.25. The van der Waals surface area contributed by atoms with Crippen LogP contribution in [0.4, 0.5) is 0 Å². The van der Waals surface area contributed by atoms with Gasteiger partial charge in [-0.3, -0.25) is 0 Å². The molecule has 0 unspecified atom stereocenters. The van der Waals surface area contributed by atoms with Crippen molar-refractivity contribution < 1.29 is 15.8 Å². The summed E-state index contributed by atoms with van der Waals surface area (Å²) in [6, 6.07) is 11.1. The molecule has 0 N–H and O–H groups in total. The van der Waals surface area contributed by atoms with Crippen molar-refractivity contribution in [2.24, 2.45) is 5.92 Å². The van der Waals surface area contributed by atoms with Crippen LogP contribution in [-0.4, -0.2) is 4.98 Å². The zero-order chi connectivity index (χ0) is 21.4. The van der Waals surface area contributed by atoms with E-state index < -0.39 is 13.2 Å². The first-order valence-corrected chi connectivity index (χ1v) is 8.47. The quantitative estimate of drug-likeness (QED) is 0.434. The molecule has 0 amide bonds. The molecule has 1 aliphatic rings. The Morgan fingerprint density at radius 1 is 1.24 bits per heavy atom. The molecule has 0 saturated heterocycles. The van der Waals surface area contributed by atoms with E-state index in [0.29, 0.717) is 23.4 Å². The van der Waals surface area contributed by atoms with Gasteiger partial charge in [-0.05, 0) is 42.9 Å². The molecule has 1 aliphatic heterocycles. The predicted octanol–water partition coefficient (Wildman–Crippen LogP) is 4.80. The predicted molar refractivity (Wildman–Crippen MR) is 99.5 cm³/mol. The van der Waals surface area contributed by atoms with Gasteiger partial charge in [0.05, 0.1) is 5.56 Å². The van der Waals surface area contributed by atoms with Crippen molar-refractivity contribution >= 4 is 22.1 Å². The van der Waals surface area contributed by atoms with Crippen LogP contribution < -0.4 is 4.57 Å². The molecular weight excluding hydrogens is 308 g/mol. The number of furan rings is 1. The zero-order valence-corrected chi connectivity index (χ0v) is 14.1. The SMILES string of the molecule is [2H]C([2H])([2H])c1ccc2c(n1)oc1c3c(ccc12)C[n+]1ccc(C([2H])([2H])C(C)C)cc1-3. The van der Waals surface area contributed by atoms with Crippen LogP contribution in [0.25, 0.3) is 33.3 Å². The average Bonchev–Trinajstić information content (AvgIpc) is 3.23. The van der Waals surface area contributed by atoms with Crippen molar-refractivity contribution in [3.8, 4) is 11.3 Å². The molecule has 4 aromatic rings. The highest BCUT2D eigenvalue weighted by molar-refractivity contribution is 6.09. The van der Waals surface area contributed by atoms with Crippen molar-refractivity contribution in [3.05, 3.63) is 59.4 Å². The van der Waals surface area contributed by atoms with Crippen LogP contribution in [0.3, 0.4) is 0 Å². The number of rotatable bonds is 2. The second-order valence-electron chi connectivity index (χ2n) is 6.86. The Morgan fingerprint density at radius 2 is 2.12 bits per heavy atom. The molecule has 0 atom stereocenters. The second-order valence-corrected chi connectivity index (χ2v) is 6.86. The lowest BCUT2D eigenvalue weighted by molar-refractivity contribution is -0.672. The molecule has 0 aliphatic carbocycles. The van der Waals surface area contributed by atoms with Gasteiger partial charge in [0.1, 0.15) is 0 Å². The van der Waals surface area contributed by atoms with Gasteiger partial charge < -0.3 is 4.42 Å². The molecule has 0 bridgehead atoms. The molecule has 3 aromatic heterocycles. The molecule has 3 heteroatoms. The van der Waals surface area contributed by atoms with Gasteiger partial charge in [0.15, 0.2) is 18.3 Å². The molecule has 0 radical (unpaired) electrons. The lowest BCUT2D eigenvalue weighted by Gasteiger charge is -2.04. The Balaban J connectivity index is 1.75. The Hall–Kier alpha value is -2.68. The third-order valence-electron chi connectivity index (χ3n) is 4.68. The maximum atomic E-state index is 8.47. The molecular formula is C22H21N2O+. The summed E-state index contributed by atoms with van der Waals surface area (Å²) in [5.41, 5.74) is 4.50. The second kappa shape index (κ2) is 5.16. The number of pyridine rings is 2. The van der Waals surface area contributed by atoms with E-state index in [-0.39, 0.29) is 11.6 Å². The third kappa shape index (κ3) is 2.19. The van der Waals surface area contributed by atoms with E-state index in [1.165, 1.54) is 6.07 Å². The third-order valence-corrected chi connectivity index (χ3v) is 4.68. The summed E-state index contributed by atoms with van der Waals surface area (Å²) in [7, 11) is 0. The van der Waals surface area contributed by atoms with Crippen molar-refractivity contribution in [2.45, 2.75) is 33.6 Å². The molecule has 4 heterocycles. The minimum absolute atomic E-state index is 0.00731. The maximum absolute atomic E-state index is 8.47. The zero-order valence-electron chi connectivity index (χ0n) is 19.1. The molecule has 124 valence electrons. The van der Waals surface area contributed by atoms with Crippen molar-refractivity contribution in [3.63, 3.8) is 0 Å². The molecule has 1 aromatic carbocycles. The number of hydrogen-bond acceptors (Lipinski definition) is 2. The fourth-order valence-electron chi connectivity index (χ4n) is 3.66. The largest absolute Gasteiger partial charge is 0.437 e. The van der Waals surface area contributed by atoms with Crippen molar-refractivity contribution in [2.75, 3.05) is 0 Å². The van der Waals surface area contributed by atoms with E-state index in [1.807, 2.05) is 44.3 Å². The van der Waals surface area contributed by atoms with E-state index in [4.69, 9.17) is 11.3 Å². The fraction of sp³-hybridized carbons (Fsp3) is 0.273. The summed E-state index contributed by atoms with van der Waals surface area (Å²) in [6.07, 6.45) is 0.473. The van der Waals surface area contributed by atoms with E-state index in [2.05, 4.69) is 9.55 Å². The standard InChI is InChI=1S/C22H21N2O/c1-13(2)10-15-8-9-24-12-16-5-7-17-18-6-4-14(3)23-22(18)25-21(17)20(16)19(24)11-15/h4-9,11,13H,10,12H2,1-3H3/q+1/i3D3,10D2. The maximum Gasteiger partial charge on any atom is 0.227 e. The highest BCUT2D eigenvalue weighted by Gasteiger charge is 2.30. The number of hydrogen-bond donors (Lipinski definition) is 0. The van der Waals surface area contributed by atoms with Crippen molar-refractivity contribution in [1.29, 1.82) is 0 Å². The molecule has 0 saturated carbocycles. The van der Waals surface area contributed by atoms with Crippen LogP contribution in [0, 0.1) is 12.8 Å². The summed E-state index contributed by atoms with van der Waals surface area (Å²) in [6.45, 7) is 2.13. The number of aromatic nitrogens is 2. The van der Waals surface area contributed by atoms with Gasteiger partial charge in [0, 0.05) is 41.0 Å². The van der Waals surface area contributed by atoms with E-state index >= 15 is 0 Å². The normalized spacial score (nSPS) is 17.0.